The van der Waals surface area contributed by atoms with E-state index in [0.29, 0.717) is 24.3 Å². The van der Waals surface area contributed by atoms with Gasteiger partial charge in [0.2, 0.25) is 0 Å². The minimum Gasteiger partial charge on any atom is -0.483 e. The lowest BCUT2D eigenvalue weighted by Crippen LogP contribution is -2.45. The van der Waals surface area contributed by atoms with Crippen LogP contribution in [0.15, 0.2) is 0 Å². The van der Waals surface area contributed by atoms with Crippen molar-refractivity contribution in [1.29, 1.82) is 0 Å². The third-order valence-electron chi connectivity index (χ3n) is 3.63. The molecule has 4 N–H and O–H groups in total. The highest BCUT2D eigenvalue weighted by molar-refractivity contribution is 5.73. The summed E-state index contributed by atoms with van der Waals surface area (Å²) in [5, 5.41) is 25.8. The lowest BCUT2D eigenvalue weighted by Gasteiger charge is -2.35. The molecule has 130 valence electrons. The standard InChI is InChI=1S/C12H23N7O.CH2O2/c1-9(2)19-5-3-4-10(8-19)6-13-12(20)14-7-11-15-17-18-16-11;2-1-3/h9-10H,3-8H2,1-2H3,(H2,13,14,20)(H,15,16,17,18);1H,(H,2,3). The van der Waals surface area contributed by atoms with Crippen LogP contribution in [0.3, 0.4) is 0 Å². The molecule has 1 aliphatic heterocycles. The van der Waals surface area contributed by atoms with Crippen LogP contribution in [0.4, 0.5) is 4.79 Å². The minimum absolute atomic E-state index is 0.184. The van der Waals surface area contributed by atoms with Crippen LogP contribution in [-0.4, -0.2) is 68.8 Å². The fourth-order valence-electron chi connectivity index (χ4n) is 2.45. The molecule has 1 aliphatic rings. The normalized spacial score (nSPS) is 18.0. The maximum absolute atomic E-state index is 11.7. The van der Waals surface area contributed by atoms with Crippen molar-refractivity contribution in [2.75, 3.05) is 19.6 Å². The number of urea groups is 1. The zero-order valence-corrected chi connectivity index (χ0v) is 13.5. The zero-order valence-electron chi connectivity index (χ0n) is 13.5. The van der Waals surface area contributed by atoms with Gasteiger partial charge in [0.15, 0.2) is 5.82 Å². The molecule has 0 bridgehead atoms. The van der Waals surface area contributed by atoms with Crippen LogP contribution in [-0.2, 0) is 11.3 Å². The maximum Gasteiger partial charge on any atom is 0.315 e. The summed E-state index contributed by atoms with van der Waals surface area (Å²) in [6.45, 7) is 7.40. The van der Waals surface area contributed by atoms with E-state index in [1.54, 1.807) is 0 Å². The molecule has 0 aliphatic carbocycles. The van der Waals surface area contributed by atoms with E-state index in [1.165, 1.54) is 12.8 Å². The van der Waals surface area contributed by atoms with E-state index in [0.717, 1.165) is 13.1 Å². The lowest BCUT2D eigenvalue weighted by molar-refractivity contribution is -0.122. The van der Waals surface area contributed by atoms with E-state index in [1.807, 2.05) is 0 Å². The van der Waals surface area contributed by atoms with E-state index >= 15 is 0 Å². The average molecular weight is 327 g/mol. The molecule has 1 aromatic rings. The molecule has 1 unspecified atom stereocenters. The second-order valence-corrected chi connectivity index (χ2v) is 5.59. The molecule has 10 heteroatoms. The summed E-state index contributed by atoms with van der Waals surface area (Å²) in [6.07, 6.45) is 2.38. The van der Waals surface area contributed by atoms with Gasteiger partial charge in [-0.15, -0.1) is 10.2 Å². The van der Waals surface area contributed by atoms with Crippen molar-refractivity contribution in [2.24, 2.45) is 5.92 Å². The second-order valence-electron chi connectivity index (χ2n) is 5.59. The van der Waals surface area contributed by atoms with Gasteiger partial charge < -0.3 is 20.6 Å². The molecule has 0 aromatic carbocycles. The molecule has 0 saturated carbocycles. The average Bonchev–Trinajstić information content (AvgIpc) is 3.05. The van der Waals surface area contributed by atoms with Crippen LogP contribution in [0.25, 0.3) is 0 Å². The Morgan fingerprint density at radius 1 is 1.52 bits per heavy atom. The molecular weight excluding hydrogens is 302 g/mol. The zero-order chi connectivity index (χ0) is 17.1. The van der Waals surface area contributed by atoms with Gasteiger partial charge in [0, 0.05) is 19.1 Å². The summed E-state index contributed by atoms with van der Waals surface area (Å²) < 4.78 is 0. The van der Waals surface area contributed by atoms with Crippen molar-refractivity contribution in [3.63, 3.8) is 0 Å². The number of nitrogens with zero attached hydrogens (tertiary/aromatic N) is 4. The predicted molar refractivity (Wildman–Crippen MR) is 82.5 cm³/mol. The Morgan fingerprint density at radius 3 is 2.87 bits per heavy atom. The molecule has 10 nitrogen and oxygen atoms in total. The quantitative estimate of drug-likeness (QED) is 0.551. The van der Waals surface area contributed by atoms with Gasteiger partial charge in [0.1, 0.15) is 0 Å². The number of carboxylic acid groups (broad SMARTS) is 1. The van der Waals surface area contributed by atoms with Crippen LogP contribution in [0.5, 0.6) is 0 Å². The molecule has 2 heterocycles. The summed E-state index contributed by atoms with van der Waals surface area (Å²) >= 11 is 0. The number of amides is 2. The van der Waals surface area contributed by atoms with Gasteiger partial charge in [-0.3, -0.25) is 4.79 Å². The molecule has 1 aromatic heterocycles. The Morgan fingerprint density at radius 2 is 2.26 bits per heavy atom. The van der Waals surface area contributed by atoms with Gasteiger partial charge >= 0.3 is 6.03 Å². The van der Waals surface area contributed by atoms with Gasteiger partial charge in [-0.25, -0.2) is 4.79 Å². The Hall–Kier alpha value is -2.23. The molecule has 1 fully saturated rings. The van der Waals surface area contributed by atoms with Crippen LogP contribution in [0.2, 0.25) is 0 Å². The summed E-state index contributed by atoms with van der Waals surface area (Å²) in [7, 11) is 0. The molecule has 2 amide bonds. The first-order valence-electron chi connectivity index (χ1n) is 7.62. The summed E-state index contributed by atoms with van der Waals surface area (Å²) in [5.74, 6) is 1.01. The summed E-state index contributed by atoms with van der Waals surface area (Å²) in [4.78, 5) is 22.5. The fraction of sp³-hybridized carbons (Fsp3) is 0.769. The first kappa shape index (κ1) is 18.8. The number of piperidine rings is 1. The van der Waals surface area contributed by atoms with Gasteiger partial charge in [0.25, 0.3) is 6.47 Å². The van der Waals surface area contributed by atoms with E-state index in [9.17, 15) is 4.79 Å². The summed E-state index contributed by atoms with van der Waals surface area (Å²) in [6, 6.07) is 0.390. The number of nitrogens with one attached hydrogen (secondary N) is 3. The highest BCUT2D eigenvalue weighted by atomic mass is 16.3. The topological polar surface area (TPSA) is 136 Å². The third-order valence-corrected chi connectivity index (χ3v) is 3.63. The first-order valence-corrected chi connectivity index (χ1v) is 7.62. The number of carbonyl (C=O) groups is 2. The number of hydrogen-bond acceptors (Lipinski definition) is 6. The molecule has 1 atom stereocenters. The second kappa shape index (κ2) is 10.5. The van der Waals surface area contributed by atoms with Gasteiger partial charge in [-0.05, 0) is 39.2 Å². The van der Waals surface area contributed by atoms with Crippen LogP contribution in [0, 0.1) is 5.92 Å². The monoisotopic (exact) mass is 327 g/mol. The number of rotatable bonds is 5. The number of aromatic nitrogens is 4. The van der Waals surface area contributed by atoms with Crippen LogP contribution >= 0.6 is 0 Å². The molecular formula is C13H25N7O3. The van der Waals surface area contributed by atoms with Gasteiger partial charge in [-0.1, -0.05) is 5.21 Å². The highest BCUT2D eigenvalue weighted by Crippen LogP contribution is 2.17. The molecule has 23 heavy (non-hydrogen) atoms. The number of likely N-dealkylation sites (tertiary alicyclic amines) is 1. The number of hydrogen-bond donors (Lipinski definition) is 4. The lowest BCUT2D eigenvalue weighted by atomic mass is 9.97. The van der Waals surface area contributed by atoms with E-state index in [4.69, 9.17) is 9.90 Å². The molecule has 2 rings (SSSR count). The molecule has 0 radical (unpaired) electrons. The molecule has 0 spiro atoms. The van der Waals surface area contributed by atoms with E-state index in [-0.39, 0.29) is 19.0 Å². The fourth-order valence-corrected chi connectivity index (χ4v) is 2.45. The van der Waals surface area contributed by atoms with Crippen molar-refractivity contribution < 1.29 is 14.7 Å². The number of aromatic amines is 1. The van der Waals surface area contributed by atoms with Crippen molar-refractivity contribution in [3.8, 4) is 0 Å². The predicted octanol–water partition coefficient (Wildman–Crippen LogP) is -0.180. The van der Waals surface area contributed by atoms with Crippen molar-refractivity contribution in [2.45, 2.75) is 39.3 Å². The Kier molecular flexibility index (Phi) is 8.58. The SMILES string of the molecule is CC(C)N1CCCC(CNC(=O)NCc2nn[nH]n2)C1.O=CO. The van der Waals surface area contributed by atoms with Crippen LogP contribution in [0.1, 0.15) is 32.5 Å². The van der Waals surface area contributed by atoms with Crippen molar-refractivity contribution in [3.05, 3.63) is 5.82 Å². The molecule has 1 saturated heterocycles. The largest absolute Gasteiger partial charge is 0.483 e. The third kappa shape index (κ3) is 7.54. The summed E-state index contributed by atoms with van der Waals surface area (Å²) in [5.41, 5.74) is 0. The number of tetrazole rings is 1. The highest BCUT2D eigenvalue weighted by Gasteiger charge is 2.21. The van der Waals surface area contributed by atoms with Crippen LogP contribution < -0.4 is 10.6 Å². The van der Waals surface area contributed by atoms with Crippen molar-refractivity contribution >= 4 is 12.5 Å². The van der Waals surface area contributed by atoms with Crippen molar-refractivity contribution in [1.82, 2.24) is 36.2 Å². The smallest absolute Gasteiger partial charge is 0.315 e. The van der Waals surface area contributed by atoms with Gasteiger partial charge in [0.05, 0.1) is 6.54 Å². The number of carbonyl (C=O) groups excluding carboxylic acids is 1. The Balaban J connectivity index is 0.000000816. The Labute approximate surface area is 135 Å². The Bertz CT molecular complexity index is 452. The number of H-pyrrole nitrogens is 1. The minimum atomic E-state index is -0.250. The van der Waals surface area contributed by atoms with E-state index in [2.05, 4.69) is 50.0 Å². The maximum atomic E-state index is 11.7. The first-order chi connectivity index (χ1) is 11.1. The van der Waals surface area contributed by atoms with E-state index < -0.39 is 0 Å². The van der Waals surface area contributed by atoms with Gasteiger partial charge in [-0.2, -0.15) is 5.21 Å².